The second-order valence-corrected chi connectivity index (χ2v) is 6.62. The maximum atomic E-state index is 12.2. The van der Waals surface area contributed by atoms with E-state index in [4.69, 9.17) is 9.47 Å². The molecule has 5 heteroatoms. The molecule has 0 saturated carbocycles. The summed E-state index contributed by atoms with van der Waals surface area (Å²) in [6.45, 7) is 8.59. The number of methoxy groups -OCH3 is 1. The fourth-order valence-electron chi connectivity index (χ4n) is 3.09. The van der Waals surface area contributed by atoms with Crippen molar-refractivity contribution >= 4 is 5.91 Å². The number of nitrogens with zero attached hydrogens (tertiary/aromatic N) is 1. The molecular weight excluding hydrogens is 304 g/mol. The van der Waals surface area contributed by atoms with Crippen LogP contribution in [0.1, 0.15) is 25.8 Å². The molecule has 1 aromatic carbocycles. The lowest BCUT2D eigenvalue weighted by atomic mass is 10.0. The maximum absolute atomic E-state index is 12.2. The van der Waals surface area contributed by atoms with Crippen molar-refractivity contribution < 1.29 is 14.3 Å². The van der Waals surface area contributed by atoms with Crippen LogP contribution in [-0.4, -0.2) is 56.8 Å². The number of carbonyl (C=O) groups excluding carboxylic acids is 1. The summed E-state index contributed by atoms with van der Waals surface area (Å²) in [5, 5.41) is 3.11. The predicted octanol–water partition coefficient (Wildman–Crippen LogP) is 2.10. The molecule has 1 N–H and O–H groups in total. The number of morpholine rings is 1. The summed E-state index contributed by atoms with van der Waals surface area (Å²) < 4.78 is 10.6. The Morgan fingerprint density at radius 2 is 2.08 bits per heavy atom. The van der Waals surface area contributed by atoms with Crippen molar-refractivity contribution in [2.45, 2.75) is 32.7 Å². The number of carbonyl (C=O) groups is 1. The minimum absolute atomic E-state index is 0.108. The molecule has 0 bridgehead atoms. The summed E-state index contributed by atoms with van der Waals surface area (Å²) in [5.74, 6) is 1.44. The summed E-state index contributed by atoms with van der Waals surface area (Å²) >= 11 is 0. The van der Waals surface area contributed by atoms with Gasteiger partial charge in [0.15, 0.2) is 0 Å². The second kappa shape index (κ2) is 9.64. The van der Waals surface area contributed by atoms with Gasteiger partial charge in [0.25, 0.3) is 0 Å². The summed E-state index contributed by atoms with van der Waals surface area (Å²) in [7, 11) is 1.66. The van der Waals surface area contributed by atoms with E-state index in [0.717, 1.165) is 44.0 Å². The molecule has 5 nitrogen and oxygen atoms in total. The van der Waals surface area contributed by atoms with E-state index < -0.39 is 0 Å². The lowest BCUT2D eigenvalue weighted by molar-refractivity contribution is -0.121. The van der Waals surface area contributed by atoms with Gasteiger partial charge < -0.3 is 14.8 Å². The van der Waals surface area contributed by atoms with Crippen LogP contribution in [0.25, 0.3) is 0 Å². The zero-order valence-electron chi connectivity index (χ0n) is 15.1. The average Bonchev–Trinajstić information content (AvgIpc) is 2.61. The van der Waals surface area contributed by atoms with Gasteiger partial charge in [-0.1, -0.05) is 26.0 Å². The van der Waals surface area contributed by atoms with Crippen LogP contribution in [0.3, 0.4) is 0 Å². The predicted molar refractivity (Wildman–Crippen MR) is 95.3 cm³/mol. The number of amides is 1. The molecule has 0 spiro atoms. The highest BCUT2D eigenvalue weighted by molar-refractivity contribution is 5.76. The van der Waals surface area contributed by atoms with Gasteiger partial charge in [0.05, 0.1) is 20.3 Å². The monoisotopic (exact) mass is 334 g/mol. The second-order valence-electron chi connectivity index (χ2n) is 6.62. The molecule has 1 atom stereocenters. The molecule has 0 radical (unpaired) electrons. The van der Waals surface area contributed by atoms with Crippen molar-refractivity contribution in [1.29, 1.82) is 0 Å². The van der Waals surface area contributed by atoms with E-state index in [1.54, 1.807) is 7.11 Å². The Bertz CT molecular complexity index is 513. The van der Waals surface area contributed by atoms with Gasteiger partial charge in [-0.3, -0.25) is 9.69 Å². The SMILES string of the molecule is COc1cccc(CCC(=O)NCC(C(C)C)N2CCOCC2)c1. The molecule has 1 saturated heterocycles. The number of hydrogen-bond acceptors (Lipinski definition) is 4. The Hall–Kier alpha value is -1.59. The smallest absolute Gasteiger partial charge is 0.220 e. The van der Waals surface area contributed by atoms with E-state index in [9.17, 15) is 4.79 Å². The first-order chi connectivity index (χ1) is 11.6. The molecule has 1 amide bonds. The third kappa shape index (κ3) is 5.80. The summed E-state index contributed by atoms with van der Waals surface area (Å²) in [4.78, 5) is 14.6. The van der Waals surface area contributed by atoms with E-state index in [2.05, 4.69) is 24.1 Å². The average molecular weight is 334 g/mol. The van der Waals surface area contributed by atoms with Gasteiger partial charge in [-0.25, -0.2) is 0 Å². The van der Waals surface area contributed by atoms with Crippen LogP contribution in [-0.2, 0) is 16.0 Å². The van der Waals surface area contributed by atoms with E-state index in [0.29, 0.717) is 24.9 Å². The maximum Gasteiger partial charge on any atom is 0.220 e. The van der Waals surface area contributed by atoms with Gasteiger partial charge >= 0.3 is 0 Å². The number of hydrogen-bond donors (Lipinski definition) is 1. The topological polar surface area (TPSA) is 50.8 Å². The molecule has 1 aromatic rings. The van der Waals surface area contributed by atoms with Gasteiger partial charge in [-0.2, -0.15) is 0 Å². The number of rotatable bonds is 8. The van der Waals surface area contributed by atoms with Crippen molar-refractivity contribution in [3.8, 4) is 5.75 Å². The van der Waals surface area contributed by atoms with E-state index in [1.807, 2.05) is 24.3 Å². The fourth-order valence-corrected chi connectivity index (χ4v) is 3.09. The van der Waals surface area contributed by atoms with Gasteiger partial charge in [0, 0.05) is 32.1 Å². The molecule has 1 fully saturated rings. The highest BCUT2D eigenvalue weighted by Crippen LogP contribution is 2.14. The Morgan fingerprint density at radius 1 is 1.33 bits per heavy atom. The fraction of sp³-hybridized carbons (Fsp3) is 0.632. The summed E-state index contributed by atoms with van der Waals surface area (Å²) in [5.41, 5.74) is 1.12. The lowest BCUT2D eigenvalue weighted by Crippen LogP contribution is -2.51. The van der Waals surface area contributed by atoms with Crippen LogP contribution in [0, 0.1) is 5.92 Å². The third-order valence-electron chi connectivity index (χ3n) is 4.57. The highest BCUT2D eigenvalue weighted by atomic mass is 16.5. The normalized spacial score (nSPS) is 16.8. The molecule has 24 heavy (non-hydrogen) atoms. The molecule has 0 aliphatic carbocycles. The van der Waals surface area contributed by atoms with Gasteiger partial charge in [-0.15, -0.1) is 0 Å². The van der Waals surface area contributed by atoms with Crippen LogP contribution >= 0.6 is 0 Å². The number of ether oxygens (including phenoxy) is 2. The molecular formula is C19H30N2O3. The van der Waals surface area contributed by atoms with Crippen molar-refractivity contribution in [3.05, 3.63) is 29.8 Å². The number of aryl methyl sites for hydroxylation is 1. The Morgan fingerprint density at radius 3 is 2.75 bits per heavy atom. The van der Waals surface area contributed by atoms with Crippen LogP contribution < -0.4 is 10.1 Å². The summed E-state index contributed by atoms with van der Waals surface area (Å²) in [6.07, 6.45) is 1.23. The largest absolute Gasteiger partial charge is 0.497 e. The quantitative estimate of drug-likeness (QED) is 0.791. The molecule has 134 valence electrons. The van der Waals surface area contributed by atoms with Crippen LogP contribution in [0.5, 0.6) is 5.75 Å². The van der Waals surface area contributed by atoms with Gasteiger partial charge in [-0.05, 0) is 30.0 Å². The third-order valence-corrected chi connectivity index (χ3v) is 4.57. The van der Waals surface area contributed by atoms with Crippen LogP contribution in [0.15, 0.2) is 24.3 Å². The first-order valence-electron chi connectivity index (χ1n) is 8.81. The van der Waals surface area contributed by atoms with Crippen molar-refractivity contribution in [1.82, 2.24) is 10.2 Å². The minimum atomic E-state index is 0.108. The molecule has 1 aliphatic heterocycles. The van der Waals surface area contributed by atoms with Crippen molar-refractivity contribution in [2.75, 3.05) is 40.0 Å². The Kier molecular flexibility index (Phi) is 7.53. The van der Waals surface area contributed by atoms with Crippen molar-refractivity contribution in [2.24, 2.45) is 5.92 Å². The molecule has 2 rings (SSSR count). The van der Waals surface area contributed by atoms with E-state index in [-0.39, 0.29) is 5.91 Å². The first-order valence-corrected chi connectivity index (χ1v) is 8.81. The molecule has 1 heterocycles. The zero-order valence-corrected chi connectivity index (χ0v) is 15.1. The number of benzene rings is 1. The van der Waals surface area contributed by atoms with Gasteiger partial charge in [0.2, 0.25) is 5.91 Å². The van der Waals surface area contributed by atoms with E-state index >= 15 is 0 Å². The molecule has 1 aliphatic rings. The first kappa shape index (κ1) is 18.7. The highest BCUT2D eigenvalue weighted by Gasteiger charge is 2.24. The standard InChI is InChI=1S/C19H30N2O3/c1-15(2)18(21-9-11-24-12-10-21)14-20-19(22)8-7-16-5-4-6-17(13-16)23-3/h4-6,13,15,18H,7-12,14H2,1-3H3,(H,20,22). The van der Waals surface area contributed by atoms with Crippen LogP contribution in [0.4, 0.5) is 0 Å². The van der Waals surface area contributed by atoms with Crippen LogP contribution in [0.2, 0.25) is 0 Å². The zero-order chi connectivity index (χ0) is 17.4. The minimum Gasteiger partial charge on any atom is -0.497 e. The molecule has 1 unspecified atom stereocenters. The summed E-state index contributed by atoms with van der Waals surface area (Å²) in [6, 6.07) is 8.26. The molecule has 0 aromatic heterocycles. The Labute approximate surface area is 145 Å². The lowest BCUT2D eigenvalue weighted by Gasteiger charge is -2.36. The van der Waals surface area contributed by atoms with E-state index in [1.165, 1.54) is 0 Å². The van der Waals surface area contributed by atoms with Gasteiger partial charge in [0.1, 0.15) is 5.75 Å². The Balaban J connectivity index is 1.78. The number of nitrogens with one attached hydrogen (secondary N) is 1. The van der Waals surface area contributed by atoms with Crippen molar-refractivity contribution in [3.63, 3.8) is 0 Å².